The van der Waals surface area contributed by atoms with E-state index >= 15 is 0 Å². The van der Waals surface area contributed by atoms with E-state index in [0.717, 1.165) is 44.0 Å². The predicted octanol–water partition coefficient (Wildman–Crippen LogP) is 1.34. The molecule has 2 amide bonds. The number of anilines is 1. The van der Waals surface area contributed by atoms with Crippen LogP contribution in [0, 0.1) is 0 Å². The maximum atomic E-state index is 11.9. The molecule has 3 N–H and O–H groups in total. The maximum Gasteiger partial charge on any atom is 0.249 e. The average molecular weight is 352 g/mol. The van der Waals surface area contributed by atoms with Crippen molar-refractivity contribution in [1.82, 2.24) is 10.6 Å². The third kappa shape index (κ3) is 2.96. The van der Waals surface area contributed by atoms with Crippen molar-refractivity contribution in [3.63, 3.8) is 0 Å². The second-order valence-corrected chi connectivity index (χ2v) is 6.68. The number of benzene rings is 1. The van der Waals surface area contributed by atoms with E-state index in [0.29, 0.717) is 12.8 Å². The van der Waals surface area contributed by atoms with E-state index in [1.807, 2.05) is 12.1 Å². The Hall–Kier alpha value is -1.79. The van der Waals surface area contributed by atoms with Crippen LogP contribution in [0.1, 0.15) is 31.2 Å². The smallest absolute Gasteiger partial charge is 0.249 e. The van der Waals surface area contributed by atoms with Crippen LogP contribution in [0.5, 0.6) is 5.75 Å². The summed E-state index contributed by atoms with van der Waals surface area (Å²) < 4.78 is 5.94. The highest BCUT2D eigenvalue weighted by atomic mass is 35.5. The molecule has 0 aromatic heterocycles. The van der Waals surface area contributed by atoms with E-state index in [9.17, 15) is 9.59 Å². The summed E-state index contributed by atoms with van der Waals surface area (Å²) in [6.07, 6.45) is 3.10. The minimum absolute atomic E-state index is 0. The van der Waals surface area contributed by atoms with Crippen molar-refractivity contribution in [2.24, 2.45) is 0 Å². The molecular formula is C17H22ClN3O3. The second kappa shape index (κ2) is 6.61. The number of ether oxygens (including phenoxy) is 1. The number of rotatable bonds is 2. The van der Waals surface area contributed by atoms with Gasteiger partial charge in [-0.1, -0.05) is 6.07 Å². The van der Waals surface area contributed by atoms with E-state index < -0.39 is 0 Å². The molecule has 1 atom stereocenters. The van der Waals surface area contributed by atoms with Crippen LogP contribution in [0.3, 0.4) is 0 Å². The number of amides is 2. The van der Waals surface area contributed by atoms with Crippen molar-refractivity contribution >= 4 is 29.9 Å². The highest BCUT2D eigenvalue weighted by Gasteiger charge is 2.41. The second-order valence-electron chi connectivity index (χ2n) is 6.68. The molecule has 0 aliphatic carbocycles. The van der Waals surface area contributed by atoms with Crippen molar-refractivity contribution < 1.29 is 14.3 Å². The lowest BCUT2D eigenvalue weighted by Gasteiger charge is -2.32. The normalized spacial score (nSPS) is 24.6. The third-order valence-corrected chi connectivity index (χ3v) is 5.20. The monoisotopic (exact) mass is 351 g/mol. The SMILES string of the molecule is Cl.O=C1CC[C@H](Nc2ccc3c(c2)OCC32CCNCC2)C(=O)N1. The zero-order valence-electron chi connectivity index (χ0n) is 13.4. The van der Waals surface area contributed by atoms with Gasteiger partial charge in [-0.05, 0) is 38.4 Å². The molecule has 0 unspecified atom stereocenters. The summed E-state index contributed by atoms with van der Waals surface area (Å²) in [5.74, 6) is 0.472. The van der Waals surface area contributed by atoms with Gasteiger partial charge < -0.3 is 15.4 Å². The van der Waals surface area contributed by atoms with E-state index in [1.54, 1.807) is 0 Å². The predicted molar refractivity (Wildman–Crippen MR) is 92.8 cm³/mol. The van der Waals surface area contributed by atoms with Crippen LogP contribution in [0.15, 0.2) is 18.2 Å². The van der Waals surface area contributed by atoms with Crippen LogP contribution in [0.4, 0.5) is 5.69 Å². The number of fused-ring (bicyclic) bond motifs is 2. The lowest BCUT2D eigenvalue weighted by molar-refractivity contribution is -0.133. The standard InChI is InChI=1S/C17H21N3O3.ClH/c21-15-4-3-13(16(22)20-15)19-11-1-2-12-14(9-11)23-10-17(12)5-7-18-8-6-17;/h1-2,9,13,18-19H,3-8,10H2,(H,20,21,22);1H/t13-;/m0./s1. The first-order valence-corrected chi connectivity index (χ1v) is 8.25. The van der Waals surface area contributed by atoms with Gasteiger partial charge in [-0.3, -0.25) is 14.9 Å². The molecule has 1 aromatic carbocycles. The Labute approximate surface area is 147 Å². The molecule has 130 valence electrons. The third-order valence-electron chi connectivity index (χ3n) is 5.20. The van der Waals surface area contributed by atoms with Crippen LogP contribution in [0.2, 0.25) is 0 Å². The van der Waals surface area contributed by atoms with Crippen LogP contribution >= 0.6 is 12.4 Å². The number of nitrogens with one attached hydrogen (secondary N) is 3. The molecule has 0 bridgehead atoms. The van der Waals surface area contributed by atoms with E-state index in [4.69, 9.17) is 4.74 Å². The molecule has 24 heavy (non-hydrogen) atoms. The molecule has 6 nitrogen and oxygen atoms in total. The fourth-order valence-electron chi connectivity index (χ4n) is 3.81. The number of imide groups is 1. The Morgan fingerprint density at radius 2 is 2.00 bits per heavy atom. The largest absolute Gasteiger partial charge is 0.492 e. The summed E-state index contributed by atoms with van der Waals surface area (Å²) in [6.45, 7) is 2.80. The highest BCUT2D eigenvalue weighted by Crippen LogP contribution is 2.45. The first-order valence-electron chi connectivity index (χ1n) is 8.25. The lowest BCUT2D eigenvalue weighted by Crippen LogP contribution is -2.47. The van der Waals surface area contributed by atoms with Crippen LogP contribution in [-0.2, 0) is 15.0 Å². The topological polar surface area (TPSA) is 79.5 Å². The number of hydrogen-bond acceptors (Lipinski definition) is 5. The Morgan fingerprint density at radius 1 is 1.21 bits per heavy atom. The number of carbonyl (C=O) groups excluding carboxylic acids is 2. The van der Waals surface area contributed by atoms with Gasteiger partial charge in [-0.25, -0.2) is 0 Å². The average Bonchev–Trinajstić information content (AvgIpc) is 2.89. The number of piperidine rings is 2. The molecule has 1 spiro atoms. The van der Waals surface area contributed by atoms with E-state index in [1.165, 1.54) is 5.56 Å². The van der Waals surface area contributed by atoms with E-state index in [-0.39, 0.29) is 35.7 Å². The Kier molecular flexibility index (Phi) is 4.69. The van der Waals surface area contributed by atoms with Gasteiger partial charge in [0.05, 0.1) is 6.61 Å². The highest BCUT2D eigenvalue weighted by molar-refractivity contribution is 6.01. The van der Waals surface area contributed by atoms with Gasteiger partial charge >= 0.3 is 0 Å². The number of hydrogen-bond donors (Lipinski definition) is 3. The van der Waals surface area contributed by atoms with E-state index in [2.05, 4.69) is 22.0 Å². The van der Waals surface area contributed by atoms with Crippen molar-refractivity contribution in [3.8, 4) is 5.75 Å². The zero-order chi connectivity index (χ0) is 15.9. The summed E-state index contributed by atoms with van der Waals surface area (Å²) in [5.41, 5.74) is 2.30. The van der Waals surface area contributed by atoms with Crippen LogP contribution < -0.4 is 20.7 Å². The van der Waals surface area contributed by atoms with Gasteiger partial charge in [0, 0.05) is 29.2 Å². The minimum atomic E-state index is -0.361. The summed E-state index contributed by atoms with van der Waals surface area (Å²) in [7, 11) is 0. The van der Waals surface area contributed by atoms with Crippen LogP contribution in [-0.4, -0.2) is 37.6 Å². The lowest BCUT2D eigenvalue weighted by atomic mass is 9.75. The summed E-state index contributed by atoms with van der Waals surface area (Å²) in [6, 6.07) is 5.76. The van der Waals surface area contributed by atoms with Gasteiger partial charge in [0.15, 0.2) is 0 Å². The number of halogens is 1. The first kappa shape index (κ1) is 17.0. The molecule has 0 radical (unpaired) electrons. The maximum absolute atomic E-state index is 11.9. The molecular weight excluding hydrogens is 330 g/mol. The van der Waals surface area contributed by atoms with Gasteiger partial charge in [-0.2, -0.15) is 0 Å². The quantitative estimate of drug-likeness (QED) is 0.701. The number of carbonyl (C=O) groups is 2. The van der Waals surface area contributed by atoms with Gasteiger partial charge in [-0.15, -0.1) is 12.4 Å². The van der Waals surface area contributed by atoms with Crippen LogP contribution in [0.25, 0.3) is 0 Å². The molecule has 3 heterocycles. The fourth-order valence-corrected chi connectivity index (χ4v) is 3.81. The molecule has 0 saturated carbocycles. The zero-order valence-corrected chi connectivity index (χ0v) is 14.2. The molecule has 7 heteroatoms. The molecule has 2 saturated heterocycles. The van der Waals surface area contributed by atoms with Crippen molar-refractivity contribution in [2.45, 2.75) is 37.1 Å². The molecule has 4 rings (SSSR count). The van der Waals surface area contributed by atoms with Crippen molar-refractivity contribution in [3.05, 3.63) is 23.8 Å². The van der Waals surface area contributed by atoms with Gasteiger partial charge in [0.2, 0.25) is 11.8 Å². The summed E-state index contributed by atoms with van der Waals surface area (Å²) >= 11 is 0. The molecule has 3 aliphatic heterocycles. The van der Waals surface area contributed by atoms with Crippen molar-refractivity contribution in [1.29, 1.82) is 0 Å². The Balaban J connectivity index is 0.00000169. The Morgan fingerprint density at radius 3 is 2.75 bits per heavy atom. The molecule has 3 aliphatic rings. The fraction of sp³-hybridized carbons (Fsp3) is 0.529. The summed E-state index contributed by atoms with van der Waals surface area (Å²) in [5, 5.41) is 8.99. The van der Waals surface area contributed by atoms with Gasteiger partial charge in [0.25, 0.3) is 0 Å². The Bertz CT molecular complexity index is 658. The van der Waals surface area contributed by atoms with Gasteiger partial charge in [0.1, 0.15) is 11.8 Å². The molecule has 2 fully saturated rings. The first-order chi connectivity index (χ1) is 11.2. The molecule has 1 aromatic rings. The minimum Gasteiger partial charge on any atom is -0.492 e. The van der Waals surface area contributed by atoms with Crippen molar-refractivity contribution in [2.75, 3.05) is 25.0 Å². The summed E-state index contributed by atoms with van der Waals surface area (Å²) in [4.78, 5) is 23.1.